The number of nitrogens with one attached hydrogen (secondary N) is 2. The van der Waals surface area contributed by atoms with Gasteiger partial charge in [-0.05, 0) is 30.9 Å². The Kier molecular flexibility index (Phi) is 5.49. The minimum Gasteiger partial charge on any atom is -0.497 e. The van der Waals surface area contributed by atoms with E-state index in [1.165, 1.54) is 25.7 Å². The Labute approximate surface area is 125 Å². The molecule has 0 aliphatic heterocycles. The first kappa shape index (κ1) is 15.2. The van der Waals surface area contributed by atoms with Crippen LogP contribution in [0.4, 0.5) is 10.5 Å². The van der Waals surface area contributed by atoms with Gasteiger partial charge < -0.3 is 20.1 Å². The van der Waals surface area contributed by atoms with E-state index in [1.807, 2.05) is 0 Å². The first-order chi connectivity index (χ1) is 10.2. The summed E-state index contributed by atoms with van der Waals surface area (Å²) in [6.07, 6.45) is 8.78. The van der Waals surface area contributed by atoms with Gasteiger partial charge in [0.2, 0.25) is 0 Å². The van der Waals surface area contributed by atoms with E-state index in [2.05, 4.69) is 16.7 Å². The van der Waals surface area contributed by atoms with Crippen LogP contribution in [0, 0.1) is 5.92 Å². The lowest BCUT2D eigenvalue weighted by molar-refractivity contribution is 0.255. The number of urea groups is 1. The second kappa shape index (κ2) is 7.57. The molecular formula is C16H22N2O3. The number of benzene rings is 1. The molecule has 0 spiro atoms. The zero-order valence-corrected chi connectivity index (χ0v) is 12.5. The summed E-state index contributed by atoms with van der Waals surface area (Å²) in [5.41, 5.74) is 0.602. The van der Waals surface area contributed by atoms with E-state index in [0.29, 0.717) is 23.1 Å². The Bertz CT molecular complexity index is 508. The highest BCUT2D eigenvalue weighted by Crippen LogP contribution is 2.29. The number of hydrogen-bond donors (Lipinski definition) is 2. The van der Waals surface area contributed by atoms with Crippen LogP contribution in [0.3, 0.4) is 0 Å². The molecule has 0 unspecified atom stereocenters. The summed E-state index contributed by atoms with van der Waals surface area (Å²) >= 11 is 0. The maximum absolute atomic E-state index is 11.8. The van der Waals surface area contributed by atoms with Gasteiger partial charge >= 0.3 is 6.03 Å². The number of amides is 2. The van der Waals surface area contributed by atoms with E-state index in [4.69, 9.17) is 9.47 Å². The first-order valence-corrected chi connectivity index (χ1v) is 7.19. The standard InChI is InChI=1S/C16H22N2O3/c1-20-13-7-8-14(15(11-13)21-2)18-16(19)17-10-9-12-5-3-4-6-12/h7-12H,3-6H2,1-2H3,(H2,17,18,19)/b10-9+. The van der Waals surface area contributed by atoms with Crippen molar-refractivity contribution in [1.82, 2.24) is 5.32 Å². The number of anilines is 1. The van der Waals surface area contributed by atoms with Crippen LogP contribution in [0.15, 0.2) is 30.5 Å². The van der Waals surface area contributed by atoms with Crippen LogP contribution in [0.2, 0.25) is 0 Å². The van der Waals surface area contributed by atoms with Gasteiger partial charge in [0.05, 0.1) is 19.9 Å². The Morgan fingerprint density at radius 2 is 2.00 bits per heavy atom. The van der Waals surface area contributed by atoms with Gasteiger partial charge in [0.15, 0.2) is 0 Å². The van der Waals surface area contributed by atoms with E-state index < -0.39 is 0 Å². The monoisotopic (exact) mass is 290 g/mol. The molecule has 1 aliphatic rings. The molecule has 0 radical (unpaired) electrons. The highest BCUT2D eigenvalue weighted by molar-refractivity contribution is 5.91. The lowest BCUT2D eigenvalue weighted by Crippen LogP contribution is -2.24. The van der Waals surface area contributed by atoms with Gasteiger partial charge in [0.1, 0.15) is 11.5 Å². The average molecular weight is 290 g/mol. The second-order valence-corrected chi connectivity index (χ2v) is 5.07. The minimum absolute atomic E-state index is 0.285. The summed E-state index contributed by atoms with van der Waals surface area (Å²) in [6.45, 7) is 0. The molecule has 2 rings (SSSR count). The Morgan fingerprint density at radius 3 is 2.67 bits per heavy atom. The van der Waals surface area contributed by atoms with Gasteiger partial charge in [0, 0.05) is 12.3 Å². The molecule has 2 N–H and O–H groups in total. The summed E-state index contributed by atoms with van der Waals surface area (Å²) < 4.78 is 10.4. The third-order valence-electron chi connectivity index (χ3n) is 3.64. The summed E-state index contributed by atoms with van der Waals surface area (Å²) in [7, 11) is 3.14. The fourth-order valence-electron chi connectivity index (χ4n) is 2.47. The van der Waals surface area contributed by atoms with Gasteiger partial charge in [-0.3, -0.25) is 0 Å². The Morgan fingerprint density at radius 1 is 1.24 bits per heavy atom. The number of carbonyl (C=O) groups is 1. The third kappa shape index (κ3) is 4.41. The summed E-state index contributed by atoms with van der Waals surface area (Å²) in [5, 5.41) is 5.48. The van der Waals surface area contributed by atoms with Crippen LogP contribution in [0.25, 0.3) is 0 Å². The molecule has 2 amide bonds. The number of methoxy groups -OCH3 is 2. The van der Waals surface area contributed by atoms with Crippen LogP contribution in [0.1, 0.15) is 25.7 Å². The predicted octanol–water partition coefficient (Wildman–Crippen LogP) is 3.53. The summed E-state index contributed by atoms with van der Waals surface area (Å²) in [5.74, 6) is 1.84. The number of allylic oxidation sites excluding steroid dienone is 1. The molecule has 114 valence electrons. The zero-order chi connectivity index (χ0) is 15.1. The Hall–Kier alpha value is -2.17. The van der Waals surface area contributed by atoms with Crippen molar-refractivity contribution in [2.45, 2.75) is 25.7 Å². The van der Waals surface area contributed by atoms with Crippen molar-refractivity contribution in [3.05, 3.63) is 30.5 Å². The largest absolute Gasteiger partial charge is 0.497 e. The van der Waals surface area contributed by atoms with Crippen LogP contribution in [0.5, 0.6) is 11.5 Å². The topological polar surface area (TPSA) is 59.6 Å². The molecule has 0 bridgehead atoms. The van der Waals surface area contributed by atoms with Gasteiger partial charge in [-0.15, -0.1) is 0 Å². The molecule has 5 nitrogen and oxygen atoms in total. The lowest BCUT2D eigenvalue weighted by atomic mass is 10.1. The molecule has 0 aromatic heterocycles. The molecular weight excluding hydrogens is 268 g/mol. The van der Waals surface area contributed by atoms with E-state index >= 15 is 0 Å². The smallest absolute Gasteiger partial charge is 0.323 e. The number of carbonyl (C=O) groups excluding carboxylic acids is 1. The summed E-state index contributed by atoms with van der Waals surface area (Å²) in [6, 6.07) is 4.96. The number of hydrogen-bond acceptors (Lipinski definition) is 3. The predicted molar refractivity (Wildman–Crippen MR) is 82.8 cm³/mol. The van der Waals surface area contributed by atoms with Gasteiger partial charge in [-0.25, -0.2) is 4.79 Å². The van der Waals surface area contributed by atoms with Crippen LogP contribution < -0.4 is 20.1 Å². The van der Waals surface area contributed by atoms with Gasteiger partial charge in [-0.2, -0.15) is 0 Å². The molecule has 1 aromatic carbocycles. The van der Waals surface area contributed by atoms with Crippen molar-refractivity contribution in [3.63, 3.8) is 0 Å². The number of rotatable bonds is 5. The van der Waals surface area contributed by atoms with E-state index in [0.717, 1.165) is 0 Å². The molecule has 1 fully saturated rings. The van der Waals surface area contributed by atoms with Crippen molar-refractivity contribution < 1.29 is 14.3 Å². The molecule has 1 aliphatic carbocycles. The maximum atomic E-state index is 11.8. The van der Waals surface area contributed by atoms with E-state index in [1.54, 1.807) is 38.6 Å². The van der Waals surface area contributed by atoms with Crippen molar-refractivity contribution in [2.75, 3.05) is 19.5 Å². The highest BCUT2D eigenvalue weighted by Gasteiger charge is 2.11. The third-order valence-corrected chi connectivity index (χ3v) is 3.64. The fourth-order valence-corrected chi connectivity index (χ4v) is 2.47. The molecule has 21 heavy (non-hydrogen) atoms. The van der Waals surface area contributed by atoms with Crippen molar-refractivity contribution in [3.8, 4) is 11.5 Å². The van der Waals surface area contributed by atoms with Crippen molar-refractivity contribution >= 4 is 11.7 Å². The SMILES string of the molecule is COc1ccc(NC(=O)N/C=C/C2CCCC2)c(OC)c1. The highest BCUT2D eigenvalue weighted by atomic mass is 16.5. The second-order valence-electron chi connectivity index (χ2n) is 5.07. The minimum atomic E-state index is -0.285. The van der Waals surface area contributed by atoms with Crippen molar-refractivity contribution in [2.24, 2.45) is 5.92 Å². The average Bonchev–Trinajstić information content (AvgIpc) is 3.01. The van der Waals surface area contributed by atoms with Gasteiger partial charge in [-0.1, -0.05) is 18.9 Å². The van der Waals surface area contributed by atoms with Crippen LogP contribution in [-0.2, 0) is 0 Å². The molecule has 1 aromatic rings. The maximum Gasteiger partial charge on any atom is 0.323 e. The number of ether oxygens (including phenoxy) is 2. The lowest BCUT2D eigenvalue weighted by Gasteiger charge is -2.11. The van der Waals surface area contributed by atoms with Crippen LogP contribution >= 0.6 is 0 Å². The van der Waals surface area contributed by atoms with E-state index in [-0.39, 0.29) is 6.03 Å². The fraction of sp³-hybridized carbons (Fsp3) is 0.438. The normalized spacial score (nSPS) is 15.1. The van der Waals surface area contributed by atoms with Crippen molar-refractivity contribution in [1.29, 1.82) is 0 Å². The Balaban J connectivity index is 1.89. The molecule has 0 heterocycles. The molecule has 1 saturated carbocycles. The summed E-state index contributed by atoms with van der Waals surface area (Å²) in [4.78, 5) is 11.8. The van der Waals surface area contributed by atoms with E-state index in [9.17, 15) is 4.79 Å². The van der Waals surface area contributed by atoms with Gasteiger partial charge in [0.25, 0.3) is 0 Å². The van der Waals surface area contributed by atoms with Crippen LogP contribution in [-0.4, -0.2) is 20.3 Å². The first-order valence-electron chi connectivity index (χ1n) is 7.19. The zero-order valence-electron chi connectivity index (χ0n) is 12.5. The molecule has 0 atom stereocenters. The quantitative estimate of drug-likeness (QED) is 0.872. The molecule has 5 heteroatoms. The molecule has 0 saturated heterocycles.